The number of nitrogens with one attached hydrogen (secondary N) is 2. The lowest BCUT2D eigenvalue weighted by Gasteiger charge is -2.14. The number of benzene rings is 1. The summed E-state index contributed by atoms with van der Waals surface area (Å²) < 4.78 is 66.3. The molecule has 7 nitrogen and oxygen atoms in total. The Morgan fingerprint density at radius 2 is 1.96 bits per heavy atom. The molecule has 0 saturated carbocycles. The summed E-state index contributed by atoms with van der Waals surface area (Å²) in [5.41, 5.74) is 0. The molecule has 12 heteroatoms. The van der Waals surface area contributed by atoms with Crippen molar-refractivity contribution in [2.24, 2.45) is 0 Å². The molecule has 0 aliphatic rings. The van der Waals surface area contributed by atoms with Crippen molar-refractivity contribution in [1.82, 2.24) is 10.0 Å². The van der Waals surface area contributed by atoms with E-state index in [1.165, 1.54) is 23.5 Å². The largest absolute Gasteiger partial charge is 0.454 e. The Morgan fingerprint density at radius 1 is 1.32 bits per heavy atom. The number of alkyl halides is 3. The molecule has 2 N–H and O–H groups in total. The predicted molar refractivity (Wildman–Crippen MR) is 81.3 cm³/mol. The number of hydrogen-bond donors (Lipinski definition) is 2. The second-order valence-electron chi connectivity index (χ2n) is 4.80. The summed E-state index contributed by atoms with van der Waals surface area (Å²) >= 11 is 5.69. The molecule has 0 spiro atoms. The normalized spacial score (nSPS) is 13.2. The van der Waals surface area contributed by atoms with E-state index in [1.54, 1.807) is 0 Å². The molecule has 0 aromatic heterocycles. The second kappa shape index (κ2) is 8.50. The topological polar surface area (TPSA) is 102 Å². The molecule has 0 aliphatic heterocycles. The van der Waals surface area contributed by atoms with Crippen LogP contribution in [0.25, 0.3) is 0 Å². The first-order chi connectivity index (χ1) is 11.4. The van der Waals surface area contributed by atoms with E-state index in [9.17, 15) is 31.2 Å². The molecule has 0 radical (unpaired) electrons. The highest BCUT2D eigenvalue weighted by Gasteiger charge is 2.28. The Kier molecular flexibility index (Phi) is 7.20. The fourth-order valence-corrected chi connectivity index (χ4v) is 2.99. The number of halogens is 4. The minimum atomic E-state index is -4.60. The maximum atomic E-state index is 12.1. The highest BCUT2D eigenvalue weighted by Crippen LogP contribution is 2.15. The summed E-state index contributed by atoms with van der Waals surface area (Å²) in [6.45, 7) is -1.39. The molecule has 1 aromatic carbocycles. The number of carbonyl (C=O) groups is 2. The minimum absolute atomic E-state index is 0.166. The maximum absolute atomic E-state index is 12.1. The quantitative estimate of drug-likeness (QED) is 0.668. The summed E-state index contributed by atoms with van der Waals surface area (Å²) in [4.78, 5) is 22.6. The third kappa shape index (κ3) is 7.71. The van der Waals surface area contributed by atoms with E-state index >= 15 is 0 Å². The summed E-state index contributed by atoms with van der Waals surface area (Å²) in [7, 11) is -4.08. The third-order valence-corrected chi connectivity index (χ3v) is 4.40. The Morgan fingerprint density at radius 3 is 2.52 bits per heavy atom. The van der Waals surface area contributed by atoms with Crippen LogP contribution < -0.4 is 10.0 Å². The molecule has 0 saturated heterocycles. The monoisotopic (exact) mass is 402 g/mol. The van der Waals surface area contributed by atoms with E-state index < -0.39 is 47.3 Å². The van der Waals surface area contributed by atoms with Gasteiger partial charge >= 0.3 is 12.1 Å². The first kappa shape index (κ1) is 21.2. The highest BCUT2D eigenvalue weighted by atomic mass is 35.5. The summed E-state index contributed by atoms with van der Waals surface area (Å²) in [5, 5.41) is 1.67. The van der Waals surface area contributed by atoms with Gasteiger partial charge in [-0.3, -0.25) is 9.59 Å². The van der Waals surface area contributed by atoms with E-state index in [-0.39, 0.29) is 9.92 Å². The van der Waals surface area contributed by atoms with Crippen LogP contribution in [0.3, 0.4) is 0 Å². The first-order valence-corrected chi connectivity index (χ1v) is 8.55. The first-order valence-electron chi connectivity index (χ1n) is 6.69. The third-order valence-electron chi connectivity index (χ3n) is 2.62. The smallest absolute Gasteiger partial charge is 0.405 e. The van der Waals surface area contributed by atoms with E-state index in [0.29, 0.717) is 0 Å². The van der Waals surface area contributed by atoms with Crippen LogP contribution in [-0.2, 0) is 24.3 Å². The molecule has 1 aromatic rings. The van der Waals surface area contributed by atoms with Gasteiger partial charge in [0.25, 0.3) is 5.91 Å². The minimum Gasteiger partial charge on any atom is -0.454 e. The second-order valence-corrected chi connectivity index (χ2v) is 6.95. The van der Waals surface area contributed by atoms with Crippen LogP contribution in [-0.4, -0.2) is 45.7 Å². The van der Waals surface area contributed by atoms with Crippen molar-refractivity contribution in [3.63, 3.8) is 0 Å². The van der Waals surface area contributed by atoms with Crippen molar-refractivity contribution in [3.05, 3.63) is 29.3 Å². The van der Waals surface area contributed by atoms with Gasteiger partial charge in [-0.2, -0.15) is 17.9 Å². The number of sulfonamides is 1. The summed E-state index contributed by atoms with van der Waals surface area (Å²) in [6.07, 6.45) is -4.60. The maximum Gasteiger partial charge on any atom is 0.405 e. The Balaban J connectivity index is 2.55. The number of hydrogen-bond acceptors (Lipinski definition) is 5. The van der Waals surface area contributed by atoms with Gasteiger partial charge in [0.05, 0.1) is 4.90 Å². The number of amides is 1. The SMILES string of the molecule is C[C@H](NS(=O)(=O)c1cccc(Cl)c1)C(=O)OCC(=O)NCC(F)(F)F. The number of carbonyl (C=O) groups excluding carboxylic acids is 2. The molecule has 0 heterocycles. The van der Waals surface area contributed by atoms with Crippen molar-refractivity contribution in [1.29, 1.82) is 0 Å². The average Bonchev–Trinajstić information content (AvgIpc) is 2.49. The van der Waals surface area contributed by atoms with Crippen LogP contribution in [0, 0.1) is 0 Å². The predicted octanol–water partition coefficient (Wildman–Crippen LogP) is 1.23. The van der Waals surface area contributed by atoms with Crippen LogP contribution in [0.1, 0.15) is 6.92 Å². The Bertz CT molecular complexity index is 739. The van der Waals surface area contributed by atoms with Gasteiger partial charge in [-0.1, -0.05) is 17.7 Å². The van der Waals surface area contributed by atoms with Gasteiger partial charge in [-0.25, -0.2) is 8.42 Å². The van der Waals surface area contributed by atoms with Crippen LogP contribution in [0.4, 0.5) is 13.2 Å². The molecular formula is C13H14ClF3N2O5S. The zero-order chi connectivity index (χ0) is 19.3. The molecule has 140 valence electrons. The van der Waals surface area contributed by atoms with Crippen LogP contribution in [0.2, 0.25) is 5.02 Å². The average molecular weight is 403 g/mol. The van der Waals surface area contributed by atoms with Crippen LogP contribution >= 0.6 is 11.6 Å². The van der Waals surface area contributed by atoms with Gasteiger partial charge in [0, 0.05) is 5.02 Å². The summed E-state index contributed by atoms with van der Waals surface area (Å²) in [6, 6.07) is 3.88. The van der Waals surface area contributed by atoms with Crippen LogP contribution in [0.15, 0.2) is 29.2 Å². The van der Waals surface area contributed by atoms with Gasteiger partial charge in [0.2, 0.25) is 10.0 Å². The number of esters is 1. The fraction of sp³-hybridized carbons (Fsp3) is 0.385. The molecule has 1 rings (SSSR count). The van der Waals surface area contributed by atoms with E-state index in [4.69, 9.17) is 11.6 Å². The van der Waals surface area contributed by atoms with Gasteiger partial charge < -0.3 is 10.1 Å². The zero-order valence-electron chi connectivity index (χ0n) is 12.8. The van der Waals surface area contributed by atoms with Crippen LogP contribution in [0.5, 0.6) is 0 Å². The molecular weight excluding hydrogens is 389 g/mol. The van der Waals surface area contributed by atoms with Crippen molar-refractivity contribution in [3.8, 4) is 0 Å². The van der Waals surface area contributed by atoms with Crippen molar-refractivity contribution in [2.45, 2.75) is 24.0 Å². The fourth-order valence-electron chi connectivity index (χ4n) is 1.49. The van der Waals surface area contributed by atoms with E-state index in [1.807, 2.05) is 4.72 Å². The van der Waals surface area contributed by atoms with Gasteiger partial charge in [0.15, 0.2) is 6.61 Å². The van der Waals surface area contributed by atoms with E-state index in [0.717, 1.165) is 13.0 Å². The Labute approximate surface area is 146 Å². The molecule has 0 aliphatic carbocycles. The number of ether oxygens (including phenoxy) is 1. The van der Waals surface area contributed by atoms with Gasteiger partial charge in [-0.05, 0) is 25.1 Å². The number of rotatable bonds is 7. The molecule has 0 fully saturated rings. The molecule has 0 bridgehead atoms. The van der Waals surface area contributed by atoms with Crippen molar-refractivity contribution >= 4 is 33.5 Å². The standard InChI is InChI=1S/C13H14ClF3N2O5S/c1-8(12(21)24-6-11(20)18-7-13(15,16)17)19-25(22,23)10-4-2-3-9(14)5-10/h2-5,8,19H,6-7H2,1H3,(H,18,20)/t8-/m0/s1. The summed E-state index contributed by atoms with van der Waals surface area (Å²) in [5.74, 6) is -2.30. The molecule has 1 amide bonds. The lowest BCUT2D eigenvalue weighted by molar-refractivity contribution is -0.152. The van der Waals surface area contributed by atoms with Gasteiger partial charge in [-0.15, -0.1) is 0 Å². The molecule has 0 unspecified atom stereocenters. The zero-order valence-corrected chi connectivity index (χ0v) is 14.3. The molecule has 25 heavy (non-hydrogen) atoms. The van der Waals surface area contributed by atoms with Crippen molar-refractivity contribution < 1.29 is 35.9 Å². The van der Waals surface area contributed by atoms with Gasteiger partial charge in [0.1, 0.15) is 12.6 Å². The Hall–Kier alpha value is -1.85. The van der Waals surface area contributed by atoms with E-state index in [2.05, 4.69) is 4.74 Å². The lowest BCUT2D eigenvalue weighted by Crippen LogP contribution is -2.41. The molecule has 1 atom stereocenters. The van der Waals surface area contributed by atoms with Crippen molar-refractivity contribution in [2.75, 3.05) is 13.2 Å². The lowest BCUT2D eigenvalue weighted by atomic mass is 10.4. The highest BCUT2D eigenvalue weighted by molar-refractivity contribution is 7.89.